The largest absolute Gasteiger partial charge is 0.384 e. The van der Waals surface area contributed by atoms with Gasteiger partial charge in [-0.3, -0.25) is 23.8 Å². The first-order valence-electron chi connectivity index (χ1n) is 7.45. The average molecular weight is 352 g/mol. The second-order valence-electron chi connectivity index (χ2n) is 5.41. The van der Waals surface area contributed by atoms with Crippen molar-refractivity contribution in [3.63, 3.8) is 0 Å². The molecule has 0 spiro atoms. The topological polar surface area (TPSA) is 129 Å². The number of aryl methyl sites for hydroxylation is 1. The zero-order valence-corrected chi connectivity index (χ0v) is 14.8. The quantitative estimate of drug-likeness (QED) is 0.557. The Morgan fingerprint density at radius 2 is 2.00 bits per heavy atom. The van der Waals surface area contributed by atoms with Crippen LogP contribution in [0.3, 0.4) is 0 Å². The summed E-state index contributed by atoms with van der Waals surface area (Å²) in [6, 6.07) is 0. The maximum atomic E-state index is 12.6. The van der Waals surface area contributed by atoms with Crippen LogP contribution in [0.25, 0.3) is 0 Å². The zero-order chi connectivity index (χ0) is 18.0. The molecule has 2 aromatic rings. The minimum Gasteiger partial charge on any atom is -0.384 e. The highest BCUT2D eigenvalue weighted by Crippen LogP contribution is 2.23. The number of H-pyrrole nitrogens is 1. The van der Waals surface area contributed by atoms with E-state index in [2.05, 4.69) is 15.2 Å². The summed E-state index contributed by atoms with van der Waals surface area (Å²) in [7, 11) is 2.73. The van der Waals surface area contributed by atoms with Gasteiger partial charge in [-0.05, 0) is 13.3 Å². The van der Waals surface area contributed by atoms with E-state index in [0.717, 1.165) is 39.6 Å². The van der Waals surface area contributed by atoms with Crippen LogP contribution in [0.4, 0.5) is 5.82 Å². The molecular formula is C14H20N6O3S. The Kier molecular flexibility index (Phi) is 5.27. The van der Waals surface area contributed by atoms with Crippen LogP contribution in [0.2, 0.25) is 0 Å². The molecule has 2 heterocycles. The van der Waals surface area contributed by atoms with Crippen molar-refractivity contribution in [2.45, 2.75) is 37.1 Å². The van der Waals surface area contributed by atoms with Crippen molar-refractivity contribution in [1.29, 1.82) is 0 Å². The number of nitrogens with one attached hydrogen (secondary N) is 1. The molecule has 2 aromatic heterocycles. The van der Waals surface area contributed by atoms with E-state index in [-0.39, 0.29) is 11.4 Å². The van der Waals surface area contributed by atoms with E-state index in [1.807, 2.05) is 6.92 Å². The predicted octanol–water partition coefficient (Wildman–Crippen LogP) is 0.100. The lowest BCUT2D eigenvalue weighted by molar-refractivity contribution is 0.0992. The van der Waals surface area contributed by atoms with Crippen LogP contribution in [0.1, 0.15) is 36.5 Å². The number of thioether (sulfide) groups is 1. The SMILES string of the molecule is CCCc1nc(SC(C)C(=O)c2c(N)n(C)c(=O)n(C)c2=O)n[nH]1. The van der Waals surface area contributed by atoms with Crippen LogP contribution in [0.15, 0.2) is 14.7 Å². The Morgan fingerprint density at radius 1 is 1.33 bits per heavy atom. The number of hydrogen-bond acceptors (Lipinski definition) is 7. The monoisotopic (exact) mass is 352 g/mol. The van der Waals surface area contributed by atoms with Crippen molar-refractivity contribution in [3.05, 3.63) is 32.2 Å². The van der Waals surface area contributed by atoms with Crippen molar-refractivity contribution in [2.24, 2.45) is 14.1 Å². The number of rotatable bonds is 6. The first kappa shape index (κ1) is 18.0. The van der Waals surface area contributed by atoms with Crippen molar-refractivity contribution < 1.29 is 4.79 Å². The standard InChI is InChI=1S/C14H20N6O3S/c1-5-6-8-16-13(18-17-8)24-7(2)10(21)9-11(15)19(3)14(23)20(4)12(9)22/h7H,5-6,15H2,1-4H3,(H,16,17,18). The highest BCUT2D eigenvalue weighted by atomic mass is 32.2. The molecule has 10 heteroatoms. The van der Waals surface area contributed by atoms with Gasteiger partial charge in [-0.1, -0.05) is 18.7 Å². The number of anilines is 1. The van der Waals surface area contributed by atoms with Gasteiger partial charge in [0.25, 0.3) is 5.56 Å². The molecule has 24 heavy (non-hydrogen) atoms. The van der Waals surface area contributed by atoms with Crippen molar-refractivity contribution in [3.8, 4) is 0 Å². The third-order valence-electron chi connectivity index (χ3n) is 3.61. The normalized spacial score (nSPS) is 12.3. The van der Waals surface area contributed by atoms with E-state index in [1.54, 1.807) is 6.92 Å². The van der Waals surface area contributed by atoms with Gasteiger partial charge in [0, 0.05) is 20.5 Å². The Labute approximate surface area is 142 Å². The average Bonchev–Trinajstić information content (AvgIpc) is 2.98. The van der Waals surface area contributed by atoms with E-state index in [1.165, 1.54) is 14.1 Å². The van der Waals surface area contributed by atoms with E-state index in [4.69, 9.17) is 5.73 Å². The summed E-state index contributed by atoms with van der Waals surface area (Å²) in [5, 5.41) is 6.67. The summed E-state index contributed by atoms with van der Waals surface area (Å²) >= 11 is 1.13. The van der Waals surface area contributed by atoms with E-state index < -0.39 is 22.3 Å². The molecule has 0 saturated heterocycles. The molecule has 0 aliphatic carbocycles. The number of carbonyl (C=O) groups is 1. The maximum Gasteiger partial charge on any atom is 0.332 e. The molecule has 9 nitrogen and oxygen atoms in total. The number of nitrogen functional groups attached to an aromatic ring is 1. The number of carbonyl (C=O) groups excluding carboxylic acids is 1. The van der Waals surface area contributed by atoms with E-state index in [9.17, 15) is 14.4 Å². The van der Waals surface area contributed by atoms with Gasteiger partial charge in [0.05, 0.1) is 5.25 Å². The summed E-state index contributed by atoms with van der Waals surface area (Å²) < 4.78 is 1.95. The number of hydrogen-bond donors (Lipinski definition) is 2. The van der Waals surface area contributed by atoms with Crippen LogP contribution in [-0.2, 0) is 20.5 Å². The summed E-state index contributed by atoms with van der Waals surface area (Å²) in [4.78, 5) is 41.0. The Balaban J connectivity index is 2.31. The Bertz CT molecular complexity index is 882. The molecule has 0 aliphatic heterocycles. The van der Waals surface area contributed by atoms with Crippen molar-refractivity contribution in [1.82, 2.24) is 24.3 Å². The third-order valence-corrected chi connectivity index (χ3v) is 4.57. The van der Waals surface area contributed by atoms with Crippen LogP contribution < -0.4 is 17.0 Å². The molecule has 0 fully saturated rings. The summed E-state index contributed by atoms with van der Waals surface area (Å²) in [5.41, 5.74) is 4.34. The van der Waals surface area contributed by atoms with E-state index >= 15 is 0 Å². The van der Waals surface area contributed by atoms with Crippen LogP contribution >= 0.6 is 11.8 Å². The van der Waals surface area contributed by atoms with Gasteiger partial charge in [-0.25, -0.2) is 9.78 Å². The number of nitrogens with zero attached hydrogens (tertiary/aromatic N) is 4. The number of nitrogens with two attached hydrogens (primary N) is 1. The van der Waals surface area contributed by atoms with Gasteiger partial charge in [0.2, 0.25) is 5.16 Å². The molecule has 2 rings (SSSR count). The van der Waals surface area contributed by atoms with Gasteiger partial charge in [0.15, 0.2) is 5.78 Å². The highest BCUT2D eigenvalue weighted by molar-refractivity contribution is 8.00. The Hall–Kier alpha value is -2.36. The predicted molar refractivity (Wildman–Crippen MR) is 91.4 cm³/mol. The van der Waals surface area contributed by atoms with Gasteiger partial charge in [-0.15, -0.1) is 5.10 Å². The van der Waals surface area contributed by atoms with Gasteiger partial charge >= 0.3 is 5.69 Å². The molecule has 1 atom stereocenters. The van der Waals surface area contributed by atoms with Crippen molar-refractivity contribution >= 4 is 23.4 Å². The molecule has 0 saturated carbocycles. The van der Waals surface area contributed by atoms with Gasteiger partial charge in [-0.2, -0.15) is 0 Å². The summed E-state index contributed by atoms with van der Waals surface area (Å²) in [6.45, 7) is 3.67. The number of Topliss-reactive ketones (excluding diaryl/α,β-unsaturated/α-hetero) is 1. The van der Waals surface area contributed by atoms with Gasteiger partial charge in [0.1, 0.15) is 17.2 Å². The highest BCUT2D eigenvalue weighted by Gasteiger charge is 2.26. The Morgan fingerprint density at radius 3 is 2.62 bits per heavy atom. The molecule has 0 amide bonds. The number of aromatic nitrogens is 5. The molecule has 130 valence electrons. The molecule has 3 N–H and O–H groups in total. The second-order valence-corrected chi connectivity index (χ2v) is 6.71. The lowest BCUT2D eigenvalue weighted by Gasteiger charge is -2.13. The summed E-state index contributed by atoms with van der Waals surface area (Å²) in [6.07, 6.45) is 1.70. The lowest BCUT2D eigenvalue weighted by atomic mass is 10.1. The fourth-order valence-corrected chi connectivity index (χ4v) is 2.99. The smallest absolute Gasteiger partial charge is 0.332 e. The third kappa shape index (κ3) is 3.28. The lowest BCUT2D eigenvalue weighted by Crippen LogP contribution is -2.42. The molecule has 0 radical (unpaired) electrons. The fourth-order valence-electron chi connectivity index (χ4n) is 2.19. The number of ketones is 1. The van der Waals surface area contributed by atoms with E-state index in [0.29, 0.717) is 5.16 Å². The van der Waals surface area contributed by atoms with Gasteiger partial charge < -0.3 is 5.73 Å². The molecule has 0 bridgehead atoms. The second kappa shape index (κ2) is 7.04. The molecule has 0 aliphatic rings. The fraction of sp³-hybridized carbons (Fsp3) is 0.500. The maximum absolute atomic E-state index is 12.6. The zero-order valence-electron chi connectivity index (χ0n) is 14.0. The molecule has 0 aromatic carbocycles. The minimum absolute atomic E-state index is 0.137. The number of aromatic amines is 1. The van der Waals surface area contributed by atoms with Crippen LogP contribution in [0.5, 0.6) is 0 Å². The molecule has 1 unspecified atom stereocenters. The first-order chi connectivity index (χ1) is 11.3. The van der Waals surface area contributed by atoms with Crippen LogP contribution in [0, 0.1) is 0 Å². The van der Waals surface area contributed by atoms with Crippen LogP contribution in [-0.4, -0.2) is 35.3 Å². The minimum atomic E-state index is -0.699. The molecular weight excluding hydrogens is 332 g/mol. The first-order valence-corrected chi connectivity index (χ1v) is 8.33. The summed E-state index contributed by atoms with van der Waals surface area (Å²) in [5.74, 6) is 0.148. The van der Waals surface area contributed by atoms with Crippen molar-refractivity contribution in [2.75, 3.05) is 5.73 Å².